The first-order chi connectivity index (χ1) is 11.9. The quantitative estimate of drug-likeness (QED) is 0.888. The second kappa shape index (κ2) is 6.66. The number of nitrogen functional groups attached to an aromatic ring is 1. The zero-order valence-corrected chi connectivity index (χ0v) is 15.1. The van der Waals surface area contributed by atoms with Crippen LogP contribution < -0.4 is 16.0 Å². The monoisotopic (exact) mass is 340 g/mol. The van der Waals surface area contributed by atoms with Gasteiger partial charge in [-0.1, -0.05) is 33.8 Å². The van der Waals surface area contributed by atoms with E-state index in [9.17, 15) is 4.79 Å². The minimum Gasteiger partial charge on any atom is -0.383 e. The van der Waals surface area contributed by atoms with Gasteiger partial charge in [-0.2, -0.15) is 0 Å². The molecule has 0 aliphatic carbocycles. The molecular formula is C18H24N6O. The summed E-state index contributed by atoms with van der Waals surface area (Å²) in [7, 11) is 0. The van der Waals surface area contributed by atoms with Crippen LogP contribution in [0, 0.1) is 0 Å². The fourth-order valence-corrected chi connectivity index (χ4v) is 2.86. The van der Waals surface area contributed by atoms with Gasteiger partial charge in [-0.25, -0.2) is 15.0 Å². The van der Waals surface area contributed by atoms with Crippen LogP contribution in [-0.2, 0) is 11.3 Å². The van der Waals surface area contributed by atoms with Crippen molar-refractivity contribution in [2.45, 2.75) is 46.1 Å². The third-order valence-corrected chi connectivity index (χ3v) is 4.18. The van der Waals surface area contributed by atoms with Crippen LogP contribution in [0.4, 0.5) is 17.3 Å². The van der Waals surface area contributed by atoms with E-state index in [4.69, 9.17) is 10.7 Å². The van der Waals surface area contributed by atoms with Crippen LogP contribution in [-0.4, -0.2) is 27.4 Å². The van der Waals surface area contributed by atoms with Crippen LogP contribution in [0.5, 0.6) is 0 Å². The lowest BCUT2D eigenvalue weighted by Gasteiger charge is -2.32. The maximum atomic E-state index is 12.2. The van der Waals surface area contributed by atoms with Crippen molar-refractivity contribution in [1.82, 2.24) is 15.0 Å². The number of aromatic nitrogens is 3. The van der Waals surface area contributed by atoms with Crippen molar-refractivity contribution in [3.05, 3.63) is 35.4 Å². The second-order valence-corrected chi connectivity index (χ2v) is 6.93. The lowest BCUT2D eigenvalue weighted by Crippen LogP contribution is -2.39. The highest BCUT2D eigenvalue weighted by Gasteiger charge is 2.29. The molecule has 0 saturated heterocycles. The molecule has 0 atom stereocenters. The van der Waals surface area contributed by atoms with Crippen LogP contribution in [0.3, 0.4) is 0 Å². The van der Waals surface area contributed by atoms with E-state index in [2.05, 4.69) is 43.0 Å². The van der Waals surface area contributed by atoms with Gasteiger partial charge in [-0.05, 0) is 12.0 Å². The van der Waals surface area contributed by atoms with Gasteiger partial charge in [0.1, 0.15) is 17.3 Å². The van der Waals surface area contributed by atoms with Crippen molar-refractivity contribution in [2.75, 3.05) is 22.5 Å². The summed E-state index contributed by atoms with van der Waals surface area (Å²) in [5.41, 5.74) is 8.42. The summed E-state index contributed by atoms with van der Waals surface area (Å²) in [4.78, 5) is 27.7. The number of rotatable bonds is 4. The van der Waals surface area contributed by atoms with E-state index in [1.54, 1.807) is 6.20 Å². The van der Waals surface area contributed by atoms with Gasteiger partial charge in [0.2, 0.25) is 5.91 Å². The molecule has 3 rings (SSSR count). The molecule has 3 heterocycles. The van der Waals surface area contributed by atoms with E-state index >= 15 is 0 Å². The average Bonchev–Trinajstić information content (AvgIpc) is 2.55. The maximum absolute atomic E-state index is 12.2. The first kappa shape index (κ1) is 17.1. The van der Waals surface area contributed by atoms with Crippen molar-refractivity contribution in [3.63, 3.8) is 0 Å². The summed E-state index contributed by atoms with van der Waals surface area (Å²) in [6.45, 7) is 8.97. The van der Waals surface area contributed by atoms with Crippen LogP contribution in [0.25, 0.3) is 0 Å². The first-order valence-electron chi connectivity index (χ1n) is 8.52. The van der Waals surface area contributed by atoms with Crippen LogP contribution in [0.1, 0.15) is 56.6 Å². The third-order valence-electron chi connectivity index (χ3n) is 4.18. The summed E-state index contributed by atoms with van der Waals surface area (Å²) >= 11 is 0. The lowest BCUT2D eigenvalue weighted by molar-refractivity contribution is -0.115. The molecule has 3 N–H and O–H groups in total. The molecule has 0 unspecified atom stereocenters. The van der Waals surface area contributed by atoms with Crippen molar-refractivity contribution in [2.24, 2.45) is 0 Å². The minimum atomic E-state index is -0.0715. The number of carbonyl (C=O) groups is 1. The van der Waals surface area contributed by atoms with E-state index in [-0.39, 0.29) is 24.3 Å². The van der Waals surface area contributed by atoms with E-state index in [1.165, 1.54) is 0 Å². The highest BCUT2D eigenvalue weighted by molar-refractivity contribution is 6.01. The number of pyridine rings is 1. The molecule has 0 saturated carbocycles. The largest absolute Gasteiger partial charge is 0.383 e. The molecule has 25 heavy (non-hydrogen) atoms. The van der Waals surface area contributed by atoms with E-state index in [0.717, 1.165) is 22.9 Å². The van der Waals surface area contributed by atoms with Crippen LogP contribution in [0.2, 0.25) is 0 Å². The van der Waals surface area contributed by atoms with Crippen molar-refractivity contribution in [1.29, 1.82) is 0 Å². The van der Waals surface area contributed by atoms with E-state index in [0.29, 0.717) is 18.1 Å². The zero-order valence-electron chi connectivity index (χ0n) is 15.1. The van der Waals surface area contributed by atoms with Gasteiger partial charge in [0.15, 0.2) is 5.82 Å². The summed E-state index contributed by atoms with van der Waals surface area (Å²) in [5.74, 6) is 2.31. The molecule has 1 aliphatic rings. The maximum Gasteiger partial charge on any atom is 0.244 e. The Labute approximate surface area is 147 Å². The second-order valence-electron chi connectivity index (χ2n) is 6.93. The summed E-state index contributed by atoms with van der Waals surface area (Å²) in [5, 5.41) is 2.95. The Morgan fingerprint density at radius 2 is 2.00 bits per heavy atom. The van der Waals surface area contributed by atoms with Gasteiger partial charge < -0.3 is 16.0 Å². The first-order valence-corrected chi connectivity index (χ1v) is 8.52. The lowest BCUT2D eigenvalue weighted by atomic mass is 10.1. The predicted octanol–water partition coefficient (Wildman–Crippen LogP) is 2.66. The molecule has 0 radical (unpaired) electrons. The van der Waals surface area contributed by atoms with Crippen LogP contribution >= 0.6 is 0 Å². The molecule has 7 nitrogen and oxygen atoms in total. The van der Waals surface area contributed by atoms with Gasteiger partial charge in [-0.15, -0.1) is 0 Å². The number of nitrogens with two attached hydrogens (primary N) is 1. The van der Waals surface area contributed by atoms with Crippen molar-refractivity contribution in [3.8, 4) is 0 Å². The van der Waals surface area contributed by atoms with Crippen molar-refractivity contribution >= 4 is 23.2 Å². The Morgan fingerprint density at radius 3 is 2.64 bits per heavy atom. The van der Waals surface area contributed by atoms with Gasteiger partial charge in [0.05, 0.1) is 12.2 Å². The normalized spacial score (nSPS) is 14.0. The Morgan fingerprint density at radius 1 is 1.24 bits per heavy atom. The zero-order chi connectivity index (χ0) is 18.1. The average molecular weight is 340 g/mol. The molecule has 0 bridgehead atoms. The number of fused-ring (bicyclic) bond motifs is 1. The molecule has 0 aromatic carbocycles. The van der Waals surface area contributed by atoms with Gasteiger partial charge in [-0.3, -0.25) is 4.79 Å². The minimum absolute atomic E-state index is 0.0715. The SMILES string of the molecule is CC(C)c1nc(C(C)C)c2c(n1)N(Cc1cccnc1N)CC(=O)N2. The number of nitrogens with one attached hydrogen (secondary N) is 1. The molecule has 0 spiro atoms. The Kier molecular flexibility index (Phi) is 4.57. The predicted molar refractivity (Wildman–Crippen MR) is 98.5 cm³/mol. The molecule has 132 valence electrons. The Hall–Kier alpha value is -2.70. The fraction of sp³-hybridized carbons (Fsp3) is 0.444. The Bertz CT molecular complexity index is 802. The smallest absolute Gasteiger partial charge is 0.244 e. The molecule has 7 heteroatoms. The molecular weight excluding hydrogens is 316 g/mol. The van der Waals surface area contributed by atoms with Gasteiger partial charge in [0, 0.05) is 24.2 Å². The molecule has 1 aliphatic heterocycles. The highest BCUT2D eigenvalue weighted by atomic mass is 16.2. The molecule has 1 amide bonds. The van der Waals surface area contributed by atoms with Crippen LogP contribution in [0.15, 0.2) is 18.3 Å². The highest BCUT2D eigenvalue weighted by Crippen LogP contribution is 2.36. The number of anilines is 3. The molecule has 0 fully saturated rings. The number of amides is 1. The van der Waals surface area contributed by atoms with Gasteiger partial charge >= 0.3 is 0 Å². The topological polar surface area (TPSA) is 97.0 Å². The summed E-state index contributed by atoms with van der Waals surface area (Å²) < 4.78 is 0. The van der Waals surface area contributed by atoms with Crippen molar-refractivity contribution < 1.29 is 4.79 Å². The Balaban J connectivity index is 2.09. The van der Waals surface area contributed by atoms with E-state index in [1.807, 2.05) is 17.0 Å². The summed E-state index contributed by atoms with van der Waals surface area (Å²) in [6, 6.07) is 3.76. The fourth-order valence-electron chi connectivity index (χ4n) is 2.86. The number of carbonyl (C=O) groups excluding carboxylic acids is 1. The molecule has 2 aromatic rings. The number of nitrogens with zero attached hydrogens (tertiary/aromatic N) is 4. The standard InChI is InChI=1S/C18H24N6O/c1-10(2)14-15-18(23-17(22-14)11(3)4)24(9-13(25)21-15)8-12-6-5-7-20-16(12)19/h5-7,10-11H,8-9H2,1-4H3,(H2,19,20)(H,21,25). The number of hydrogen-bond acceptors (Lipinski definition) is 6. The molecule has 2 aromatic heterocycles. The third kappa shape index (κ3) is 3.40. The summed E-state index contributed by atoms with van der Waals surface area (Å²) in [6.07, 6.45) is 1.66. The number of hydrogen-bond donors (Lipinski definition) is 2. The van der Waals surface area contributed by atoms with E-state index < -0.39 is 0 Å². The van der Waals surface area contributed by atoms with Gasteiger partial charge in [0.25, 0.3) is 0 Å².